The van der Waals surface area contributed by atoms with Crippen LogP contribution in [-0.2, 0) is 0 Å². The predicted octanol–water partition coefficient (Wildman–Crippen LogP) is 2.52. The van der Waals surface area contributed by atoms with E-state index in [0.717, 1.165) is 12.3 Å². The molecule has 3 N–H and O–H groups in total. The number of carbonyl (C=O) groups is 1. The standard InChI is InChI=1S/C19H20F3N3O4/c1-8-16-10(2-12(22)17(8)24-5-9(4-20)13(23)6-24)18(26)15(29-19(27)28)7-25(16)14-3-11(14)21/h2,7,9,11,13-14H,3-6,23H2,1H3,(H,27,28)/t9?,11-,13?,14+/m0/s1. The van der Waals surface area contributed by atoms with E-state index < -0.39 is 54.0 Å². The number of anilines is 1. The highest BCUT2D eigenvalue weighted by atomic mass is 19.1. The zero-order chi connectivity index (χ0) is 21.0. The van der Waals surface area contributed by atoms with Crippen LogP contribution >= 0.6 is 0 Å². The van der Waals surface area contributed by atoms with Crippen molar-refractivity contribution in [1.82, 2.24) is 4.57 Å². The van der Waals surface area contributed by atoms with E-state index in [1.165, 1.54) is 4.57 Å². The van der Waals surface area contributed by atoms with Gasteiger partial charge in [-0.15, -0.1) is 0 Å². The van der Waals surface area contributed by atoms with Crippen LogP contribution in [0.15, 0.2) is 17.1 Å². The molecule has 2 unspecified atom stereocenters. The first kappa shape index (κ1) is 19.6. The molecule has 0 amide bonds. The summed E-state index contributed by atoms with van der Waals surface area (Å²) in [6, 6.07) is -0.0675. The summed E-state index contributed by atoms with van der Waals surface area (Å²) in [6.45, 7) is 1.44. The second-order valence-corrected chi connectivity index (χ2v) is 7.63. The Hall–Kier alpha value is -2.75. The molecule has 4 rings (SSSR count). The lowest BCUT2D eigenvalue weighted by molar-refractivity contribution is 0.143. The van der Waals surface area contributed by atoms with Gasteiger partial charge in [0.05, 0.1) is 35.5 Å². The maximum atomic E-state index is 15.0. The highest BCUT2D eigenvalue weighted by Gasteiger charge is 2.41. The third-order valence-corrected chi connectivity index (χ3v) is 5.69. The number of halogens is 3. The zero-order valence-electron chi connectivity index (χ0n) is 15.6. The maximum Gasteiger partial charge on any atom is 0.511 e. The predicted molar refractivity (Wildman–Crippen MR) is 99.8 cm³/mol. The Morgan fingerprint density at radius 1 is 1.41 bits per heavy atom. The molecule has 0 bridgehead atoms. The van der Waals surface area contributed by atoms with Gasteiger partial charge in [-0.25, -0.2) is 13.6 Å². The molecule has 156 valence electrons. The molecule has 2 heterocycles. The van der Waals surface area contributed by atoms with Crippen molar-refractivity contribution in [1.29, 1.82) is 0 Å². The van der Waals surface area contributed by atoms with Gasteiger partial charge in [0, 0.05) is 31.5 Å². The summed E-state index contributed by atoms with van der Waals surface area (Å²) in [4.78, 5) is 25.2. The van der Waals surface area contributed by atoms with Crippen LogP contribution in [0.2, 0.25) is 0 Å². The minimum atomic E-state index is -1.70. The van der Waals surface area contributed by atoms with Crippen molar-refractivity contribution in [2.24, 2.45) is 11.7 Å². The van der Waals surface area contributed by atoms with E-state index in [1.807, 2.05) is 0 Å². The van der Waals surface area contributed by atoms with Crippen molar-refractivity contribution in [2.75, 3.05) is 24.7 Å². The molecule has 1 aliphatic carbocycles. The fraction of sp³-hybridized carbons (Fsp3) is 0.474. The Labute approximate surface area is 163 Å². The topological polar surface area (TPSA) is 97.8 Å². The molecule has 1 aromatic carbocycles. The van der Waals surface area contributed by atoms with Crippen LogP contribution in [0.25, 0.3) is 10.9 Å². The number of aryl methyl sites for hydroxylation is 1. The number of hydrogen-bond donors (Lipinski definition) is 2. The summed E-state index contributed by atoms with van der Waals surface area (Å²) in [7, 11) is 0. The Bertz CT molecular complexity index is 1060. The molecule has 2 aromatic rings. The number of pyridine rings is 1. The SMILES string of the molecule is Cc1c(N2CC(N)C(CF)C2)c(F)cc2c(=O)c(OC(=O)O)cn([C@@H]3C[C@@H]3F)c12. The smallest absolute Gasteiger partial charge is 0.449 e. The van der Waals surface area contributed by atoms with Crippen LogP contribution in [0.1, 0.15) is 18.0 Å². The lowest BCUT2D eigenvalue weighted by Gasteiger charge is -2.24. The number of alkyl halides is 2. The van der Waals surface area contributed by atoms with Crippen LogP contribution in [0.3, 0.4) is 0 Å². The van der Waals surface area contributed by atoms with Crippen molar-refractivity contribution < 1.29 is 27.8 Å². The third-order valence-electron chi connectivity index (χ3n) is 5.69. The molecule has 0 radical (unpaired) electrons. The summed E-state index contributed by atoms with van der Waals surface area (Å²) in [5.74, 6) is -1.67. The minimum absolute atomic E-state index is 0.105. The second kappa shape index (κ2) is 6.94. The normalized spacial score (nSPS) is 26.2. The zero-order valence-corrected chi connectivity index (χ0v) is 15.6. The molecule has 2 aliphatic rings. The van der Waals surface area contributed by atoms with Crippen molar-refractivity contribution in [3.8, 4) is 5.75 Å². The molecular formula is C19H20F3N3O4. The molecular weight excluding hydrogens is 391 g/mol. The maximum absolute atomic E-state index is 15.0. The number of carboxylic acid groups (broad SMARTS) is 1. The van der Waals surface area contributed by atoms with Gasteiger partial charge in [0.1, 0.15) is 12.0 Å². The van der Waals surface area contributed by atoms with Crippen molar-refractivity contribution in [3.63, 3.8) is 0 Å². The largest absolute Gasteiger partial charge is 0.511 e. The lowest BCUT2D eigenvalue weighted by atomic mass is 10.1. The van der Waals surface area contributed by atoms with Gasteiger partial charge in [0.15, 0.2) is 5.75 Å². The van der Waals surface area contributed by atoms with E-state index in [9.17, 15) is 18.4 Å². The van der Waals surface area contributed by atoms with Crippen LogP contribution in [0, 0.1) is 18.7 Å². The van der Waals surface area contributed by atoms with Gasteiger partial charge in [0.2, 0.25) is 5.43 Å². The molecule has 2 fully saturated rings. The van der Waals surface area contributed by atoms with Crippen molar-refractivity contribution in [3.05, 3.63) is 33.9 Å². The third kappa shape index (κ3) is 3.21. The Kier molecular flexibility index (Phi) is 4.68. The molecule has 29 heavy (non-hydrogen) atoms. The summed E-state index contributed by atoms with van der Waals surface area (Å²) in [5, 5.41) is 8.76. The van der Waals surface area contributed by atoms with Gasteiger partial charge < -0.3 is 25.0 Å². The highest BCUT2D eigenvalue weighted by Crippen LogP contribution is 2.43. The van der Waals surface area contributed by atoms with Gasteiger partial charge in [-0.1, -0.05) is 0 Å². The average Bonchev–Trinajstić information content (AvgIpc) is 3.25. The average molecular weight is 411 g/mol. The Balaban J connectivity index is 1.93. The number of ether oxygens (including phenoxy) is 1. The van der Waals surface area contributed by atoms with Gasteiger partial charge in [0.25, 0.3) is 0 Å². The van der Waals surface area contributed by atoms with Gasteiger partial charge >= 0.3 is 6.16 Å². The fourth-order valence-corrected chi connectivity index (χ4v) is 4.14. The van der Waals surface area contributed by atoms with E-state index >= 15 is 4.39 Å². The van der Waals surface area contributed by atoms with Gasteiger partial charge in [-0.3, -0.25) is 9.18 Å². The molecule has 7 nitrogen and oxygen atoms in total. The number of rotatable bonds is 4. The molecule has 4 atom stereocenters. The second-order valence-electron chi connectivity index (χ2n) is 7.63. The summed E-state index contributed by atoms with van der Waals surface area (Å²) >= 11 is 0. The minimum Gasteiger partial charge on any atom is -0.449 e. The quantitative estimate of drug-likeness (QED) is 0.751. The first-order valence-electron chi connectivity index (χ1n) is 9.22. The number of hydrogen-bond acceptors (Lipinski definition) is 5. The van der Waals surface area contributed by atoms with E-state index in [4.69, 9.17) is 10.8 Å². The first-order valence-corrected chi connectivity index (χ1v) is 9.22. The number of benzene rings is 1. The number of aromatic nitrogens is 1. The Morgan fingerprint density at radius 3 is 2.66 bits per heavy atom. The van der Waals surface area contributed by atoms with E-state index in [-0.39, 0.29) is 30.6 Å². The van der Waals surface area contributed by atoms with Crippen LogP contribution < -0.4 is 20.8 Å². The van der Waals surface area contributed by atoms with E-state index in [1.54, 1.807) is 11.8 Å². The molecule has 1 aliphatic heterocycles. The van der Waals surface area contributed by atoms with Gasteiger partial charge in [-0.2, -0.15) is 0 Å². The molecule has 1 saturated carbocycles. The summed E-state index contributed by atoms with van der Waals surface area (Å²) in [5.41, 5.74) is 6.00. The number of nitrogens with two attached hydrogens (primary N) is 1. The lowest BCUT2D eigenvalue weighted by Crippen LogP contribution is -2.30. The molecule has 1 aromatic heterocycles. The highest BCUT2D eigenvalue weighted by molar-refractivity contribution is 5.89. The van der Waals surface area contributed by atoms with Crippen LogP contribution in [-0.4, -0.2) is 47.8 Å². The monoisotopic (exact) mass is 411 g/mol. The van der Waals surface area contributed by atoms with Crippen molar-refractivity contribution >= 4 is 22.7 Å². The van der Waals surface area contributed by atoms with E-state index in [0.29, 0.717) is 11.1 Å². The van der Waals surface area contributed by atoms with Crippen molar-refractivity contribution in [2.45, 2.75) is 31.6 Å². The molecule has 10 heteroatoms. The summed E-state index contributed by atoms with van der Waals surface area (Å²) < 4.78 is 48.0. The fourth-order valence-electron chi connectivity index (χ4n) is 4.14. The van der Waals surface area contributed by atoms with Gasteiger partial charge in [-0.05, 0) is 18.6 Å². The Morgan fingerprint density at radius 2 is 2.10 bits per heavy atom. The summed E-state index contributed by atoms with van der Waals surface area (Å²) in [6.07, 6.45) is -1.52. The number of fused-ring (bicyclic) bond motifs is 1. The molecule has 1 saturated heterocycles. The van der Waals surface area contributed by atoms with Crippen LogP contribution in [0.4, 0.5) is 23.7 Å². The van der Waals surface area contributed by atoms with Crippen LogP contribution in [0.5, 0.6) is 5.75 Å². The molecule has 0 spiro atoms. The first-order chi connectivity index (χ1) is 13.7. The number of nitrogens with zero attached hydrogens (tertiary/aromatic N) is 2. The van der Waals surface area contributed by atoms with E-state index in [2.05, 4.69) is 4.74 Å².